The van der Waals surface area contributed by atoms with Crippen LogP contribution in [-0.2, 0) is 9.63 Å². The first-order chi connectivity index (χ1) is 11.1. The number of carbonyl (C=O) groups excluding carboxylic acids is 1. The summed E-state index contributed by atoms with van der Waals surface area (Å²) in [7, 11) is 0. The number of rotatable bonds is 3. The molecule has 6 nitrogen and oxygen atoms in total. The molecule has 2 atom stereocenters. The molecule has 1 saturated carbocycles. The number of nitrogens with zero attached hydrogens (tertiary/aromatic N) is 2. The van der Waals surface area contributed by atoms with E-state index in [-0.39, 0.29) is 17.5 Å². The molecule has 0 aromatic carbocycles. The first kappa shape index (κ1) is 14.1. The molecule has 2 heterocycles. The fourth-order valence-corrected chi connectivity index (χ4v) is 3.68. The normalized spacial score (nSPS) is 36.7. The van der Waals surface area contributed by atoms with Gasteiger partial charge in [-0.3, -0.25) is 0 Å². The number of piperidine rings is 1. The number of hydrogen-bond acceptors (Lipinski definition) is 3. The molecule has 3 fully saturated rings. The topological polar surface area (TPSA) is 70.1 Å². The Hall–Kier alpha value is -2.50. The van der Waals surface area contributed by atoms with Crippen molar-refractivity contribution in [2.45, 2.75) is 31.3 Å². The summed E-state index contributed by atoms with van der Waals surface area (Å²) in [6.45, 7) is 0.433. The van der Waals surface area contributed by atoms with Crippen molar-refractivity contribution < 1.29 is 19.5 Å². The number of carboxylic acid groups (broad SMARTS) is 1. The molecular formula is C17H18N2O4. The second-order valence-corrected chi connectivity index (χ2v) is 6.49. The fourth-order valence-electron chi connectivity index (χ4n) is 3.68. The molecule has 0 radical (unpaired) electrons. The molecule has 2 aliphatic heterocycles. The van der Waals surface area contributed by atoms with Crippen molar-refractivity contribution in [2.75, 3.05) is 6.54 Å². The molecule has 1 N–H and O–H groups in total. The molecule has 120 valence electrons. The molecule has 6 heteroatoms. The number of allylic oxidation sites excluding steroid dienone is 7. The maximum atomic E-state index is 12.6. The van der Waals surface area contributed by atoms with E-state index in [1.807, 2.05) is 30.4 Å². The van der Waals surface area contributed by atoms with Gasteiger partial charge in [-0.1, -0.05) is 30.4 Å². The Labute approximate surface area is 134 Å². The van der Waals surface area contributed by atoms with Crippen molar-refractivity contribution in [3.05, 3.63) is 48.3 Å². The van der Waals surface area contributed by atoms with Crippen LogP contribution in [0.5, 0.6) is 0 Å². The molecule has 2 saturated heterocycles. The molecule has 2 bridgehead atoms. The van der Waals surface area contributed by atoms with Crippen LogP contribution in [0.3, 0.4) is 0 Å². The van der Waals surface area contributed by atoms with E-state index in [9.17, 15) is 14.7 Å². The number of hydrogen-bond donors (Lipinski definition) is 1. The van der Waals surface area contributed by atoms with E-state index in [0.717, 1.165) is 12.8 Å². The lowest BCUT2D eigenvalue weighted by Crippen LogP contribution is -2.49. The van der Waals surface area contributed by atoms with Crippen LogP contribution in [-0.4, -0.2) is 45.7 Å². The predicted octanol–water partition coefficient (Wildman–Crippen LogP) is 2.23. The summed E-state index contributed by atoms with van der Waals surface area (Å²) in [4.78, 5) is 31.4. The monoisotopic (exact) mass is 314 g/mol. The molecular weight excluding hydrogens is 296 g/mol. The van der Waals surface area contributed by atoms with Gasteiger partial charge < -0.3 is 14.8 Å². The average molecular weight is 314 g/mol. The summed E-state index contributed by atoms with van der Waals surface area (Å²) in [5.41, 5.74) is -0.0899. The smallest absolute Gasteiger partial charge is 0.354 e. The Kier molecular flexibility index (Phi) is 3.07. The van der Waals surface area contributed by atoms with Crippen LogP contribution >= 0.6 is 0 Å². The van der Waals surface area contributed by atoms with Gasteiger partial charge in [0.25, 0.3) is 0 Å². The van der Waals surface area contributed by atoms with Gasteiger partial charge >= 0.3 is 12.0 Å². The highest BCUT2D eigenvalue weighted by atomic mass is 16.7. The van der Waals surface area contributed by atoms with Crippen LogP contribution < -0.4 is 0 Å². The number of fused-ring (bicyclic) bond motifs is 3. The van der Waals surface area contributed by atoms with Crippen LogP contribution in [0.1, 0.15) is 19.3 Å². The molecule has 0 aromatic rings. The predicted molar refractivity (Wildman–Crippen MR) is 82.0 cm³/mol. The van der Waals surface area contributed by atoms with Gasteiger partial charge in [0.2, 0.25) is 0 Å². The van der Waals surface area contributed by atoms with E-state index in [2.05, 4.69) is 0 Å². The quantitative estimate of drug-likeness (QED) is 0.867. The fraction of sp³-hybridized carbons (Fsp3) is 0.412. The van der Waals surface area contributed by atoms with E-state index >= 15 is 0 Å². The van der Waals surface area contributed by atoms with Gasteiger partial charge in [-0.15, -0.1) is 0 Å². The number of carbonyl (C=O) groups is 2. The lowest BCUT2D eigenvalue weighted by atomic mass is 9.85. The molecule has 4 aliphatic rings. The van der Waals surface area contributed by atoms with Crippen molar-refractivity contribution in [1.82, 2.24) is 9.96 Å². The Morgan fingerprint density at radius 2 is 1.96 bits per heavy atom. The summed E-state index contributed by atoms with van der Waals surface area (Å²) >= 11 is 0. The zero-order valence-corrected chi connectivity index (χ0v) is 12.6. The van der Waals surface area contributed by atoms with Gasteiger partial charge in [0.1, 0.15) is 6.04 Å². The SMILES string of the molecule is O=C(O)C1CC2(CC2)C2CN1C(=O)N2OC1=C/C=C\C=C/C=C\1. The minimum atomic E-state index is -0.928. The van der Waals surface area contributed by atoms with Gasteiger partial charge in [0.15, 0.2) is 5.76 Å². The Bertz CT molecular complexity index is 672. The molecule has 0 aromatic heterocycles. The molecule has 2 amide bonds. The molecule has 4 rings (SSSR count). The van der Waals surface area contributed by atoms with Crippen LogP contribution in [0.25, 0.3) is 0 Å². The summed E-state index contributed by atoms with van der Waals surface area (Å²) in [6, 6.07) is -1.15. The Morgan fingerprint density at radius 1 is 1.22 bits per heavy atom. The van der Waals surface area contributed by atoms with E-state index in [4.69, 9.17) is 4.84 Å². The minimum absolute atomic E-state index is 0.0649. The van der Waals surface area contributed by atoms with Crippen molar-refractivity contribution in [3.63, 3.8) is 0 Å². The van der Waals surface area contributed by atoms with Gasteiger partial charge in [-0.25, -0.2) is 9.59 Å². The zero-order chi connectivity index (χ0) is 16.0. The van der Waals surface area contributed by atoms with Crippen LogP contribution in [0, 0.1) is 5.41 Å². The maximum absolute atomic E-state index is 12.6. The highest BCUT2D eigenvalue weighted by molar-refractivity contribution is 5.85. The van der Waals surface area contributed by atoms with Crippen LogP contribution in [0.4, 0.5) is 4.79 Å². The third kappa shape index (κ3) is 2.25. The first-order valence-corrected chi connectivity index (χ1v) is 7.83. The van der Waals surface area contributed by atoms with Crippen LogP contribution in [0.2, 0.25) is 0 Å². The highest BCUT2D eigenvalue weighted by Gasteiger charge is 2.65. The van der Waals surface area contributed by atoms with Crippen molar-refractivity contribution in [2.24, 2.45) is 5.41 Å². The van der Waals surface area contributed by atoms with Crippen molar-refractivity contribution in [3.8, 4) is 0 Å². The van der Waals surface area contributed by atoms with Gasteiger partial charge in [0.05, 0.1) is 6.04 Å². The second-order valence-electron chi connectivity index (χ2n) is 6.49. The third-order valence-electron chi connectivity index (χ3n) is 5.12. The lowest BCUT2D eigenvalue weighted by molar-refractivity contribution is -0.144. The maximum Gasteiger partial charge on any atom is 0.354 e. The molecule has 2 unspecified atom stereocenters. The zero-order valence-electron chi connectivity index (χ0n) is 12.6. The number of carboxylic acids is 1. The third-order valence-corrected chi connectivity index (χ3v) is 5.12. The highest BCUT2D eigenvalue weighted by Crippen LogP contribution is 2.59. The first-order valence-electron chi connectivity index (χ1n) is 7.83. The Morgan fingerprint density at radius 3 is 2.70 bits per heavy atom. The molecule has 1 spiro atoms. The van der Waals surface area contributed by atoms with Gasteiger partial charge in [-0.05, 0) is 36.8 Å². The average Bonchev–Trinajstić information content (AvgIpc) is 3.20. The summed E-state index contributed by atoms with van der Waals surface area (Å²) in [6.07, 6.45) is 15.4. The van der Waals surface area contributed by atoms with Gasteiger partial charge in [-0.2, -0.15) is 5.06 Å². The summed E-state index contributed by atoms with van der Waals surface area (Å²) in [5.74, 6) is -0.363. The van der Waals surface area contributed by atoms with E-state index < -0.39 is 12.0 Å². The summed E-state index contributed by atoms with van der Waals surface area (Å²) < 4.78 is 0. The van der Waals surface area contributed by atoms with Crippen molar-refractivity contribution >= 4 is 12.0 Å². The molecule has 23 heavy (non-hydrogen) atoms. The number of aliphatic carboxylic acids is 1. The number of hydroxylamine groups is 2. The van der Waals surface area contributed by atoms with Crippen molar-refractivity contribution in [1.29, 1.82) is 0 Å². The number of urea groups is 1. The lowest BCUT2D eigenvalue weighted by Gasteiger charge is -2.34. The van der Waals surface area contributed by atoms with Crippen LogP contribution in [0.15, 0.2) is 48.3 Å². The van der Waals surface area contributed by atoms with E-state index in [1.165, 1.54) is 9.96 Å². The molecule has 2 aliphatic carbocycles. The Balaban J connectivity index is 1.60. The number of amides is 2. The second kappa shape index (κ2) is 5.01. The minimum Gasteiger partial charge on any atom is -0.480 e. The van der Waals surface area contributed by atoms with Gasteiger partial charge in [0, 0.05) is 6.54 Å². The largest absolute Gasteiger partial charge is 0.480 e. The standard InChI is InChI=1S/C17H18N2O4/c20-15(21)13-10-17(8-9-17)14-11-18(13)16(22)19(14)23-12-6-4-2-1-3-5-7-12/h1-7,13-14H,8-11H2,(H,20,21)/b2-1-,3-1?,4-2?,5-3-,6-4-,7-5?,12-6?,12-7+. The van der Waals surface area contributed by atoms with E-state index in [1.54, 1.807) is 12.2 Å². The summed E-state index contributed by atoms with van der Waals surface area (Å²) in [5, 5.41) is 10.8. The van der Waals surface area contributed by atoms with E-state index in [0.29, 0.717) is 18.7 Å².